The first kappa shape index (κ1) is 22.4. The predicted octanol–water partition coefficient (Wildman–Crippen LogP) is 4.45. The number of rotatable bonds is 6. The van der Waals surface area contributed by atoms with Gasteiger partial charge in [-0.15, -0.1) is 0 Å². The highest BCUT2D eigenvalue weighted by molar-refractivity contribution is 5.55. The number of alkyl halides is 3. The average Bonchev–Trinajstić information content (AvgIpc) is 3.19. The normalized spacial score (nSPS) is 16.3. The molecule has 32 heavy (non-hydrogen) atoms. The van der Waals surface area contributed by atoms with Crippen LogP contribution in [-0.4, -0.2) is 52.5 Å². The van der Waals surface area contributed by atoms with Gasteiger partial charge < -0.3 is 10.0 Å². The minimum atomic E-state index is -4.36. The smallest absolute Gasteiger partial charge is 0.388 e. The Morgan fingerprint density at radius 1 is 0.969 bits per heavy atom. The Morgan fingerprint density at radius 2 is 1.62 bits per heavy atom. The van der Waals surface area contributed by atoms with Crippen molar-refractivity contribution in [2.75, 3.05) is 37.6 Å². The molecule has 0 aliphatic carbocycles. The zero-order valence-corrected chi connectivity index (χ0v) is 18.0. The van der Waals surface area contributed by atoms with Crippen LogP contribution in [0.4, 0.5) is 18.9 Å². The Bertz CT molecular complexity index is 1030. The topological polar surface area (TPSA) is 44.5 Å². The summed E-state index contributed by atoms with van der Waals surface area (Å²) in [7, 11) is 0. The van der Waals surface area contributed by atoms with Gasteiger partial charge in [0.25, 0.3) is 0 Å². The molecule has 8 heteroatoms. The number of hydrogen-bond acceptors (Lipinski definition) is 4. The van der Waals surface area contributed by atoms with E-state index in [4.69, 9.17) is 0 Å². The lowest BCUT2D eigenvalue weighted by Gasteiger charge is -2.37. The molecule has 1 aromatic heterocycles. The summed E-state index contributed by atoms with van der Waals surface area (Å²) < 4.78 is 41.8. The quantitative estimate of drug-likeness (QED) is 0.610. The van der Waals surface area contributed by atoms with Crippen LogP contribution in [0.3, 0.4) is 0 Å². The highest BCUT2D eigenvalue weighted by Gasteiger charge is 2.35. The molecule has 170 valence electrons. The van der Waals surface area contributed by atoms with Crippen molar-refractivity contribution in [2.24, 2.45) is 0 Å². The molecule has 2 aromatic carbocycles. The lowest BCUT2D eigenvalue weighted by atomic mass is 10.1. The van der Waals surface area contributed by atoms with Crippen LogP contribution < -0.4 is 4.90 Å². The second kappa shape index (κ2) is 9.34. The summed E-state index contributed by atoms with van der Waals surface area (Å²) in [4.78, 5) is 3.98. The Balaban J connectivity index is 1.33. The van der Waals surface area contributed by atoms with Crippen LogP contribution in [0.15, 0.2) is 60.8 Å². The maximum Gasteiger partial charge on any atom is 0.418 e. The second-order valence-electron chi connectivity index (χ2n) is 8.08. The second-order valence-corrected chi connectivity index (χ2v) is 8.08. The van der Waals surface area contributed by atoms with Crippen LogP contribution in [0.5, 0.6) is 0 Å². The lowest BCUT2D eigenvalue weighted by molar-refractivity contribution is -0.137. The molecule has 3 aromatic rings. The van der Waals surface area contributed by atoms with E-state index < -0.39 is 17.8 Å². The fraction of sp³-hybridized carbons (Fsp3) is 0.375. The summed E-state index contributed by atoms with van der Waals surface area (Å²) >= 11 is 0. The van der Waals surface area contributed by atoms with E-state index >= 15 is 0 Å². The molecule has 0 amide bonds. The van der Waals surface area contributed by atoms with Gasteiger partial charge in [-0.05, 0) is 37.6 Å². The summed E-state index contributed by atoms with van der Waals surface area (Å²) in [5, 5.41) is 15.2. The lowest BCUT2D eigenvalue weighted by Crippen LogP contribution is -2.47. The molecule has 1 aliphatic heterocycles. The fourth-order valence-corrected chi connectivity index (χ4v) is 4.24. The van der Waals surface area contributed by atoms with Crippen molar-refractivity contribution in [2.45, 2.75) is 25.6 Å². The van der Waals surface area contributed by atoms with E-state index in [1.807, 2.05) is 41.9 Å². The van der Waals surface area contributed by atoms with Gasteiger partial charge in [0.2, 0.25) is 0 Å². The fourth-order valence-electron chi connectivity index (χ4n) is 4.24. The predicted molar refractivity (Wildman–Crippen MR) is 118 cm³/mol. The summed E-state index contributed by atoms with van der Waals surface area (Å²) in [5.74, 6) is 0. The molecule has 2 heterocycles. The van der Waals surface area contributed by atoms with E-state index in [2.05, 4.69) is 10.00 Å². The average molecular weight is 445 g/mol. The van der Waals surface area contributed by atoms with E-state index in [-0.39, 0.29) is 5.69 Å². The van der Waals surface area contributed by atoms with Crippen LogP contribution in [0.2, 0.25) is 0 Å². The molecule has 4 rings (SSSR count). The zero-order valence-electron chi connectivity index (χ0n) is 18.0. The maximum absolute atomic E-state index is 13.3. The molecule has 1 N–H and O–H groups in total. The Labute approximate surface area is 185 Å². The van der Waals surface area contributed by atoms with E-state index in [0.29, 0.717) is 39.1 Å². The maximum atomic E-state index is 13.3. The third kappa shape index (κ3) is 4.81. The minimum Gasteiger partial charge on any atom is -0.388 e. The van der Waals surface area contributed by atoms with Crippen LogP contribution in [0.1, 0.15) is 29.3 Å². The highest BCUT2D eigenvalue weighted by atomic mass is 19.4. The van der Waals surface area contributed by atoms with Crippen molar-refractivity contribution in [3.63, 3.8) is 0 Å². The molecule has 1 saturated heterocycles. The van der Waals surface area contributed by atoms with E-state index in [1.165, 1.54) is 12.1 Å². The summed E-state index contributed by atoms with van der Waals surface area (Å²) in [5.41, 5.74) is 2.29. The Hall–Kier alpha value is -2.84. The Kier molecular flexibility index (Phi) is 6.53. The molecule has 0 saturated carbocycles. The summed E-state index contributed by atoms with van der Waals surface area (Å²) in [6, 6.07) is 15.5. The number of halogens is 3. The number of aliphatic hydroxyl groups is 1. The molecule has 0 bridgehead atoms. The standard InChI is InChI=1S/C24H27F3N4O/c1-18-20(17-28-31(18)19-7-3-2-4-8-19)23(32)11-12-29-13-15-30(16-14-29)22-10-6-5-9-21(22)24(25,26)27/h2-10,17,23,32H,11-16H2,1H3. The van der Waals surface area contributed by atoms with Gasteiger partial charge in [-0.25, -0.2) is 4.68 Å². The molecule has 1 unspecified atom stereocenters. The van der Waals surface area contributed by atoms with Crippen molar-refractivity contribution >= 4 is 5.69 Å². The van der Waals surface area contributed by atoms with Gasteiger partial charge in [0.05, 0.1) is 23.6 Å². The first-order valence-corrected chi connectivity index (χ1v) is 10.8. The molecule has 5 nitrogen and oxygen atoms in total. The molecule has 1 fully saturated rings. The largest absolute Gasteiger partial charge is 0.418 e. The van der Waals surface area contributed by atoms with Crippen molar-refractivity contribution in [3.05, 3.63) is 77.6 Å². The van der Waals surface area contributed by atoms with Crippen molar-refractivity contribution in [3.8, 4) is 5.69 Å². The molecular weight excluding hydrogens is 417 g/mol. The highest BCUT2D eigenvalue weighted by Crippen LogP contribution is 2.36. The van der Waals surface area contributed by atoms with Gasteiger partial charge in [0.15, 0.2) is 0 Å². The number of piperazine rings is 1. The van der Waals surface area contributed by atoms with E-state index in [9.17, 15) is 18.3 Å². The molecule has 0 spiro atoms. The molecular formula is C24H27F3N4O. The SMILES string of the molecule is Cc1c(C(O)CCN2CCN(c3ccccc3C(F)(F)F)CC2)cnn1-c1ccccc1. The monoisotopic (exact) mass is 444 g/mol. The third-order valence-corrected chi connectivity index (χ3v) is 6.05. The number of aliphatic hydroxyl groups excluding tert-OH is 1. The number of hydrogen-bond donors (Lipinski definition) is 1. The van der Waals surface area contributed by atoms with Crippen molar-refractivity contribution in [1.82, 2.24) is 14.7 Å². The van der Waals surface area contributed by atoms with E-state index in [0.717, 1.165) is 23.0 Å². The van der Waals surface area contributed by atoms with Gasteiger partial charge in [-0.2, -0.15) is 18.3 Å². The van der Waals surface area contributed by atoms with Crippen LogP contribution in [0, 0.1) is 6.92 Å². The molecule has 1 atom stereocenters. The third-order valence-electron chi connectivity index (χ3n) is 6.05. The number of benzene rings is 2. The van der Waals surface area contributed by atoms with Gasteiger partial charge in [0, 0.05) is 49.7 Å². The van der Waals surface area contributed by atoms with Crippen LogP contribution >= 0.6 is 0 Å². The van der Waals surface area contributed by atoms with Crippen LogP contribution in [-0.2, 0) is 6.18 Å². The van der Waals surface area contributed by atoms with Gasteiger partial charge in [-0.1, -0.05) is 30.3 Å². The van der Waals surface area contributed by atoms with Crippen molar-refractivity contribution < 1.29 is 18.3 Å². The van der Waals surface area contributed by atoms with Gasteiger partial charge >= 0.3 is 6.18 Å². The summed E-state index contributed by atoms with van der Waals surface area (Å²) in [6.45, 7) is 4.96. The number of para-hydroxylation sites is 2. The first-order chi connectivity index (χ1) is 15.3. The molecule has 0 radical (unpaired) electrons. The number of anilines is 1. The first-order valence-electron chi connectivity index (χ1n) is 10.8. The van der Waals surface area contributed by atoms with Crippen LogP contribution in [0.25, 0.3) is 5.69 Å². The summed E-state index contributed by atoms with van der Waals surface area (Å²) in [6.07, 6.45) is -2.75. The minimum absolute atomic E-state index is 0.239. The van der Waals surface area contributed by atoms with E-state index in [1.54, 1.807) is 17.2 Å². The molecule has 1 aliphatic rings. The van der Waals surface area contributed by atoms with Gasteiger partial charge in [-0.3, -0.25) is 4.90 Å². The Morgan fingerprint density at radius 3 is 2.31 bits per heavy atom. The zero-order chi connectivity index (χ0) is 22.7. The van der Waals surface area contributed by atoms with Crippen molar-refractivity contribution in [1.29, 1.82) is 0 Å². The van der Waals surface area contributed by atoms with Gasteiger partial charge in [0.1, 0.15) is 0 Å². The number of aromatic nitrogens is 2. The number of nitrogens with zero attached hydrogens (tertiary/aromatic N) is 4.